The van der Waals surface area contributed by atoms with Crippen molar-refractivity contribution < 1.29 is 14.6 Å². The molecular formula is C23H26N4O4. The summed E-state index contributed by atoms with van der Waals surface area (Å²) in [5, 5.41) is 13.3. The number of nitrogens with zero attached hydrogens (tertiary/aromatic N) is 3. The van der Waals surface area contributed by atoms with E-state index < -0.39 is 5.97 Å². The fourth-order valence-corrected chi connectivity index (χ4v) is 4.00. The average molecular weight is 422 g/mol. The average Bonchev–Trinajstić information content (AvgIpc) is 2.79. The minimum absolute atomic E-state index is 0.0750. The fourth-order valence-electron chi connectivity index (χ4n) is 4.00. The molecule has 0 radical (unpaired) electrons. The maximum atomic E-state index is 13.3. The maximum Gasteiger partial charge on any atom is 0.337 e. The van der Waals surface area contributed by atoms with Crippen molar-refractivity contribution in [1.82, 2.24) is 9.55 Å². The van der Waals surface area contributed by atoms with Gasteiger partial charge in [0.1, 0.15) is 0 Å². The summed E-state index contributed by atoms with van der Waals surface area (Å²) in [6.45, 7) is 6.97. The molecule has 2 heterocycles. The molecule has 4 rings (SSSR count). The number of aromatic nitrogens is 2. The first kappa shape index (κ1) is 20.9. The molecule has 31 heavy (non-hydrogen) atoms. The van der Waals surface area contributed by atoms with Gasteiger partial charge in [0, 0.05) is 30.9 Å². The van der Waals surface area contributed by atoms with Crippen LogP contribution in [0.4, 0.5) is 11.6 Å². The van der Waals surface area contributed by atoms with Crippen LogP contribution in [0.25, 0.3) is 10.9 Å². The molecule has 0 spiro atoms. The lowest BCUT2D eigenvalue weighted by atomic mass is 10.0. The van der Waals surface area contributed by atoms with Gasteiger partial charge in [-0.05, 0) is 32.0 Å². The van der Waals surface area contributed by atoms with Crippen LogP contribution in [0.1, 0.15) is 35.8 Å². The molecule has 1 fully saturated rings. The Morgan fingerprint density at radius 3 is 2.65 bits per heavy atom. The number of rotatable bonds is 6. The molecule has 8 heteroatoms. The van der Waals surface area contributed by atoms with Gasteiger partial charge in [0.05, 0.1) is 35.7 Å². The highest BCUT2D eigenvalue weighted by molar-refractivity contribution is 5.94. The quantitative estimate of drug-likeness (QED) is 0.630. The van der Waals surface area contributed by atoms with Crippen molar-refractivity contribution in [2.24, 2.45) is 0 Å². The van der Waals surface area contributed by atoms with Gasteiger partial charge in [0.25, 0.3) is 5.56 Å². The van der Waals surface area contributed by atoms with Gasteiger partial charge < -0.3 is 20.1 Å². The first-order valence-electron chi connectivity index (χ1n) is 10.5. The summed E-state index contributed by atoms with van der Waals surface area (Å²) >= 11 is 0. The number of fused-ring (bicyclic) bond motifs is 1. The number of hydrogen-bond donors (Lipinski definition) is 2. The Morgan fingerprint density at radius 1 is 1.19 bits per heavy atom. The summed E-state index contributed by atoms with van der Waals surface area (Å²) in [4.78, 5) is 31.9. The normalized spacial score (nSPS) is 15.1. The minimum atomic E-state index is -0.994. The topological polar surface area (TPSA) is 96.7 Å². The summed E-state index contributed by atoms with van der Waals surface area (Å²) < 4.78 is 7.16. The molecule has 1 saturated heterocycles. The van der Waals surface area contributed by atoms with Crippen molar-refractivity contribution >= 4 is 28.5 Å². The summed E-state index contributed by atoms with van der Waals surface area (Å²) in [6, 6.07) is 12.1. The van der Waals surface area contributed by atoms with Crippen LogP contribution >= 0.6 is 0 Å². The Balaban J connectivity index is 1.80. The molecule has 162 valence electrons. The number of carboxylic acids is 1. The van der Waals surface area contributed by atoms with E-state index in [0.717, 1.165) is 5.56 Å². The maximum absolute atomic E-state index is 13.3. The monoisotopic (exact) mass is 422 g/mol. The number of aromatic carboxylic acids is 1. The number of morpholine rings is 1. The molecule has 1 aliphatic rings. The van der Waals surface area contributed by atoms with Crippen LogP contribution in [0, 0.1) is 0 Å². The number of para-hydroxylation sites is 2. The molecule has 1 unspecified atom stereocenters. The van der Waals surface area contributed by atoms with Gasteiger partial charge in [-0.25, -0.2) is 9.78 Å². The lowest BCUT2D eigenvalue weighted by molar-refractivity contribution is 0.0698. The zero-order valence-corrected chi connectivity index (χ0v) is 17.7. The molecule has 2 aromatic carbocycles. The van der Waals surface area contributed by atoms with Crippen molar-refractivity contribution in [2.45, 2.75) is 26.4 Å². The SMILES string of the molecule is CCn1c(N2CCOCC2)nc2c(C(C)Nc3ccccc3C(=O)O)cccc2c1=O. The molecule has 8 nitrogen and oxygen atoms in total. The van der Waals surface area contributed by atoms with E-state index in [4.69, 9.17) is 9.72 Å². The van der Waals surface area contributed by atoms with Gasteiger partial charge in [-0.1, -0.05) is 24.3 Å². The third kappa shape index (κ3) is 3.98. The van der Waals surface area contributed by atoms with Crippen molar-refractivity contribution in [3.05, 3.63) is 63.9 Å². The van der Waals surface area contributed by atoms with Crippen LogP contribution in [-0.2, 0) is 11.3 Å². The highest BCUT2D eigenvalue weighted by Gasteiger charge is 2.21. The van der Waals surface area contributed by atoms with Gasteiger partial charge in [-0.3, -0.25) is 9.36 Å². The Bertz CT molecular complexity index is 1170. The zero-order valence-electron chi connectivity index (χ0n) is 17.7. The van der Waals surface area contributed by atoms with E-state index in [-0.39, 0.29) is 17.2 Å². The van der Waals surface area contributed by atoms with Crippen LogP contribution in [-0.4, -0.2) is 46.9 Å². The molecule has 3 aromatic rings. The lowest BCUT2D eigenvalue weighted by Crippen LogP contribution is -2.40. The highest BCUT2D eigenvalue weighted by Crippen LogP contribution is 2.28. The number of nitrogens with one attached hydrogen (secondary N) is 1. The van der Waals surface area contributed by atoms with Crippen LogP contribution in [0.3, 0.4) is 0 Å². The smallest absolute Gasteiger partial charge is 0.337 e. The van der Waals surface area contributed by atoms with Crippen molar-refractivity contribution in [1.29, 1.82) is 0 Å². The summed E-state index contributed by atoms with van der Waals surface area (Å²) in [5.41, 5.74) is 2.12. The molecule has 0 aliphatic carbocycles. The zero-order chi connectivity index (χ0) is 22.0. The number of benzene rings is 2. The van der Waals surface area contributed by atoms with Gasteiger partial charge in [0.15, 0.2) is 0 Å². The van der Waals surface area contributed by atoms with E-state index in [1.165, 1.54) is 0 Å². The predicted octanol–water partition coefficient (Wildman–Crippen LogP) is 3.12. The van der Waals surface area contributed by atoms with Crippen molar-refractivity contribution in [3.63, 3.8) is 0 Å². The molecule has 2 N–H and O–H groups in total. The van der Waals surface area contributed by atoms with Crippen molar-refractivity contribution in [3.8, 4) is 0 Å². The van der Waals surface area contributed by atoms with Crippen LogP contribution in [0.15, 0.2) is 47.3 Å². The third-order valence-corrected chi connectivity index (χ3v) is 5.60. The second-order valence-electron chi connectivity index (χ2n) is 7.52. The third-order valence-electron chi connectivity index (χ3n) is 5.60. The molecule has 1 aromatic heterocycles. The largest absolute Gasteiger partial charge is 0.478 e. The first-order chi connectivity index (χ1) is 15.0. The standard InChI is InChI=1S/C23H26N4O4/c1-3-27-21(28)18-9-6-8-16(20(18)25-23(27)26-11-13-31-14-12-26)15(2)24-19-10-5-4-7-17(19)22(29)30/h4-10,15,24H,3,11-14H2,1-2H3,(H,29,30). The van der Waals surface area contributed by atoms with Crippen LogP contribution in [0.2, 0.25) is 0 Å². The van der Waals surface area contributed by atoms with Crippen LogP contribution < -0.4 is 15.8 Å². The van der Waals surface area contributed by atoms with Crippen LogP contribution in [0.5, 0.6) is 0 Å². The van der Waals surface area contributed by atoms with Gasteiger partial charge in [-0.15, -0.1) is 0 Å². The van der Waals surface area contributed by atoms with E-state index >= 15 is 0 Å². The fraction of sp³-hybridized carbons (Fsp3) is 0.348. The Kier molecular flexibility index (Phi) is 5.90. The molecule has 0 saturated carbocycles. The van der Waals surface area contributed by atoms with Gasteiger partial charge >= 0.3 is 5.97 Å². The lowest BCUT2D eigenvalue weighted by Gasteiger charge is -2.30. The summed E-state index contributed by atoms with van der Waals surface area (Å²) in [5.74, 6) is -0.347. The first-order valence-corrected chi connectivity index (χ1v) is 10.5. The molecule has 0 bridgehead atoms. The highest BCUT2D eigenvalue weighted by atomic mass is 16.5. The van der Waals surface area contributed by atoms with E-state index in [9.17, 15) is 14.7 Å². The Morgan fingerprint density at radius 2 is 1.94 bits per heavy atom. The van der Waals surface area contributed by atoms with E-state index in [1.807, 2.05) is 26.0 Å². The van der Waals surface area contributed by atoms with Crippen molar-refractivity contribution in [2.75, 3.05) is 36.5 Å². The number of ether oxygens (including phenoxy) is 1. The Labute approximate surface area is 180 Å². The van der Waals surface area contributed by atoms with Gasteiger partial charge in [-0.2, -0.15) is 0 Å². The van der Waals surface area contributed by atoms with E-state index in [1.54, 1.807) is 34.9 Å². The predicted molar refractivity (Wildman–Crippen MR) is 120 cm³/mol. The van der Waals surface area contributed by atoms with Gasteiger partial charge in [0.2, 0.25) is 5.95 Å². The van der Waals surface area contributed by atoms with E-state index in [0.29, 0.717) is 55.4 Å². The minimum Gasteiger partial charge on any atom is -0.478 e. The molecule has 1 aliphatic heterocycles. The Hall–Kier alpha value is -3.39. The second kappa shape index (κ2) is 8.77. The number of anilines is 2. The molecule has 1 atom stereocenters. The summed E-state index contributed by atoms with van der Waals surface area (Å²) in [7, 11) is 0. The number of hydrogen-bond acceptors (Lipinski definition) is 6. The number of carbonyl (C=O) groups is 1. The number of carboxylic acid groups (broad SMARTS) is 1. The molecular weight excluding hydrogens is 396 g/mol. The second-order valence-corrected chi connectivity index (χ2v) is 7.52. The van der Waals surface area contributed by atoms with E-state index in [2.05, 4.69) is 10.2 Å². The molecule has 0 amide bonds. The summed E-state index contributed by atoms with van der Waals surface area (Å²) in [6.07, 6.45) is 0.